The molecule has 1 atom stereocenters. The zero-order chi connectivity index (χ0) is 13.3. The van der Waals surface area contributed by atoms with E-state index in [1.807, 2.05) is 32.0 Å². The zero-order valence-corrected chi connectivity index (χ0v) is 10.9. The molecule has 2 rings (SSSR count). The van der Waals surface area contributed by atoms with Crippen LogP contribution in [0.5, 0.6) is 0 Å². The van der Waals surface area contributed by atoms with Crippen LogP contribution in [0.25, 0.3) is 0 Å². The average Bonchev–Trinajstić information content (AvgIpc) is 2.63. The van der Waals surface area contributed by atoms with Gasteiger partial charge in [0.1, 0.15) is 11.5 Å². The average molecular weight is 245 g/mol. The van der Waals surface area contributed by atoms with E-state index < -0.39 is 0 Å². The first-order valence-electron chi connectivity index (χ1n) is 5.96. The summed E-state index contributed by atoms with van der Waals surface area (Å²) in [5.41, 5.74) is 14.8. The fraction of sp³-hybridized carbons (Fsp3) is 0.286. The van der Waals surface area contributed by atoms with Crippen molar-refractivity contribution in [1.82, 2.24) is 0 Å². The summed E-state index contributed by atoms with van der Waals surface area (Å²) in [5, 5.41) is 3.38. The molecule has 0 fully saturated rings. The van der Waals surface area contributed by atoms with Crippen LogP contribution < -0.4 is 16.8 Å². The molecule has 0 radical (unpaired) electrons. The lowest BCUT2D eigenvalue weighted by molar-refractivity contribution is 0.500. The molecule has 0 aliphatic carbocycles. The highest BCUT2D eigenvalue weighted by Gasteiger charge is 2.12. The van der Waals surface area contributed by atoms with Gasteiger partial charge >= 0.3 is 0 Å². The van der Waals surface area contributed by atoms with Crippen molar-refractivity contribution in [2.45, 2.75) is 26.8 Å². The molecule has 5 N–H and O–H groups in total. The molecule has 2 aromatic rings. The van der Waals surface area contributed by atoms with Crippen molar-refractivity contribution < 1.29 is 4.42 Å². The Morgan fingerprint density at radius 3 is 2.39 bits per heavy atom. The molecule has 1 aromatic carbocycles. The molecule has 0 spiro atoms. The molecular weight excluding hydrogens is 226 g/mol. The monoisotopic (exact) mass is 245 g/mol. The van der Waals surface area contributed by atoms with Crippen molar-refractivity contribution in [2.24, 2.45) is 0 Å². The lowest BCUT2D eigenvalue weighted by atomic mass is 10.1. The Morgan fingerprint density at radius 2 is 1.83 bits per heavy atom. The van der Waals surface area contributed by atoms with Gasteiger partial charge in [-0.25, -0.2) is 0 Å². The molecule has 0 bridgehead atoms. The Bertz CT molecular complexity index is 560. The lowest BCUT2D eigenvalue weighted by Crippen LogP contribution is -2.07. The Morgan fingerprint density at radius 1 is 1.11 bits per heavy atom. The molecule has 0 amide bonds. The number of nitrogens with one attached hydrogen (secondary N) is 1. The van der Waals surface area contributed by atoms with E-state index in [4.69, 9.17) is 15.9 Å². The smallest absolute Gasteiger partial charge is 0.106 e. The molecule has 0 aliphatic rings. The molecule has 4 heteroatoms. The first-order chi connectivity index (χ1) is 8.47. The summed E-state index contributed by atoms with van der Waals surface area (Å²) in [7, 11) is 0. The summed E-state index contributed by atoms with van der Waals surface area (Å²) < 4.78 is 5.53. The molecule has 1 unspecified atom stereocenters. The van der Waals surface area contributed by atoms with Gasteiger partial charge in [0.2, 0.25) is 0 Å². The van der Waals surface area contributed by atoms with Gasteiger partial charge in [-0.05, 0) is 45.0 Å². The largest absolute Gasteiger partial charge is 0.466 e. The first-order valence-corrected chi connectivity index (χ1v) is 5.96. The van der Waals surface area contributed by atoms with Gasteiger partial charge in [-0.2, -0.15) is 0 Å². The summed E-state index contributed by atoms with van der Waals surface area (Å²) in [4.78, 5) is 0. The van der Waals surface area contributed by atoms with Crippen molar-refractivity contribution in [2.75, 3.05) is 16.8 Å². The first kappa shape index (κ1) is 12.4. The fourth-order valence-corrected chi connectivity index (χ4v) is 2.07. The van der Waals surface area contributed by atoms with Gasteiger partial charge in [-0.3, -0.25) is 0 Å². The van der Waals surface area contributed by atoms with Crippen molar-refractivity contribution in [1.29, 1.82) is 0 Å². The van der Waals surface area contributed by atoms with Crippen LogP contribution in [0.3, 0.4) is 0 Å². The van der Waals surface area contributed by atoms with Crippen molar-refractivity contribution in [3.8, 4) is 0 Å². The van der Waals surface area contributed by atoms with E-state index in [1.54, 1.807) is 6.07 Å². The van der Waals surface area contributed by atoms with E-state index in [9.17, 15) is 0 Å². The molecular formula is C14H19N3O. The molecule has 1 aromatic heterocycles. The topological polar surface area (TPSA) is 77.2 Å². The van der Waals surface area contributed by atoms with E-state index in [0.717, 1.165) is 22.8 Å². The number of nitrogens with two attached hydrogens (primary N) is 2. The van der Waals surface area contributed by atoms with Crippen molar-refractivity contribution in [3.05, 3.63) is 41.3 Å². The molecule has 0 aliphatic heterocycles. The van der Waals surface area contributed by atoms with Crippen molar-refractivity contribution >= 4 is 17.1 Å². The van der Waals surface area contributed by atoms with Gasteiger partial charge < -0.3 is 21.2 Å². The van der Waals surface area contributed by atoms with E-state index in [-0.39, 0.29) is 6.04 Å². The van der Waals surface area contributed by atoms with E-state index in [2.05, 4.69) is 12.2 Å². The number of furan rings is 1. The summed E-state index contributed by atoms with van der Waals surface area (Å²) in [6.07, 6.45) is 0. The second-order valence-corrected chi connectivity index (χ2v) is 4.58. The number of aryl methyl sites for hydroxylation is 2. The summed E-state index contributed by atoms with van der Waals surface area (Å²) in [5.74, 6) is 1.86. The molecule has 18 heavy (non-hydrogen) atoms. The number of hydrogen-bond donors (Lipinski definition) is 3. The van der Waals surface area contributed by atoms with Gasteiger partial charge in [-0.1, -0.05) is 0 Å². The van der Waals surface area contributed by atoms with Crippen LogP contribution in [0, 0.1) is 13.8 Å². The third-order valence-corrected chi connectivity index (χ3v) is 3.02. The molecule has 96 valence electrons. The number of benzene rings is 1. The van der Waals surface area contributed by atoms with Crippen molar-refractivity contribution in [3.63, 3.8) is 0 Å². The maximum absolute atomic E-state index is 5.79. The van der Waals surface area contributed by atoms with E-state index in [0.29, 0.717) is 11.4 Å². The minimum absolute atomic E-state index is 0.158. The Labute approximate surface area is 107 Å². The highest BCUT2D eigenvalue weighted by Crippen LogP contribution is 2.27. The van der Waals surface area contributed by atoms with Gasteiger partial charge in [0, 0.05) is 11.3 Å². The van der Waals surface area contributed by atoms with Crippen LogP contribution in [-0.4, -0.2) is 0 Å². The third-order valence-electron chi connectivity index (χ3n) is 3.02. The molecule has 4 nitrogen and oxygen atoms in total. The highest BCUT2D eigenvalue weighted by molar-refractivity contribution is 5.69. The summed E-state index contributed by atoms with van der Waals surface area (Å²) in [6.45, 7) is 6.01. The van der Waals surface area contributed by atoms with Crippen LogP contribution in [-0.2, 0) is 0 Å². The fourth-order valence-electron chi connectivity index (χ4n) is 2.07. The summed E-state index contributed by atoms with van der Waals surface area (Å²) in [6, 6.07) is 7.77. The second-order valence-electron chi connectivity index (χ2n) is 4.58. The van der Waals surface area contributed by atoms with E-state index >= 15 is 0 Å². The van der Waals surface area contributed by atoms with Crippen LogP contribution in [0.1, 0.15) is 30.0 Å². The quantitative estimate of drug-likeness (QED) is 0.725. The van der Waals surface area contributed by atoms with Gasteiger partial charge in [-0.15, -0.1) is 0 Å². The second kappa shape index (κ2) is 4.64. The standard InChI is InChI=1S/C14H19N3O/c1-8-6-12(10(3)18-8)9(2)17-11-4-5-13(15)14(16)7-11/h4-7,9,17H,15-16H2,1-3H3. The highest BCUT2D eigenvalue weighted by atomic mass is 16.3. The number of anilines is 3. The van der Waals surface area contributed by atoms with Gasteiger partial charge in [0.15, 0.2) is 0 Å². The zero-order valence-electron chi connectivity index (χ0n) is 10.9. The number of nitrogen functional groups attached to an aromatic ring is 2. The minimum Gasteiger partial charge on any atom is -0.466 e. The molecule has 0 saturated carbocycles. The van der Waals surface area contributed by atoms with Crippen LogP contribution in [0.4, 0.5) is 17.1 Å². The maximum atomic E-state index is 5.79. The lowest BCUT2D eigenvalue weighted by Gasteiger charge is -2.15. The SMILES string of the molecule is Cc1cc(C(C)Nc2ccc(N)c(N)c2)c(C)o1. The normalized spacial score (nSPS) is 12.4. The Kier molecular flexibility index (Phi) is 3.19. The number of hydrogen-bond acceptors (Lipinski definition) is 4. The van der Waals surface area contributed by atoms with Crippen LogP contribution in [0.15, 0.2) is 28.7 Å². The minimum atomic E-state index is 0.158. The predicted molar refractivity (Wildman–Crippen MR) is 75.5 cm³/mol. The van der Waals surface area contributed by atoms with E-state index in [1.165, 1.54) is 0 Å². The maximum Gasteiger partial charge on any atom is 0.106 e. The predicted octanol–water partition coefficient (Wildman–Crippen LogP) is 3.23. The Balaban J connectivity index is 2.18. The number of rotatable bonds is 3. The Hall–Kier alpha value is -2.10. The summed E-state index contributed by atoms with van der Waals surface area (Å²) >= 11 is 0. The van der Waals surface area contributed by atoms with Gasteiger partial charge in [0.25, 0.3) is 0 Å². The third kappa shape index (κ3) is 2.42. The molecule has 1 heterocycles. The van der Waals surface area contributed by atoms with Gasteiger partial charge in [0.05, 0.1) is 17.4 Å². The van der Waals surface area contributed by atoms with Crippen LogP contribution in [0.2, 0.25) is 0 Å². The molecule has 0 saturated heterocycles. The van der Waals surface area contributed by atoms with Crippen LogP contribution >= 0.6 is 0 Å².